The van der Waals surface area contributed by atoms with Gasteiger partial charge in [0.2, 0.25) is 0 Å². The molecule has 0 radical (unpaired) electrons. The summed E-state index contributed by atoms with van der Waals surface area (Å²) in [5.74, 6) is 0. The Morgan fingerprint density at radius 2 is 1.72 bits per heavy atom. The Morgan fingerprint density at radius 3 is 2.11 bits per heavy atom. The Balaban J connectivity index is 2.84. The normalized spacial score (nSPS) is 21.2. The first-order valence-corrected chi connectivity index (χ1v) is 8.24. The van der Waals surface area contributed by atoms with Crippen molar-refractivity contribution in [2.45, 2.75) is 64.0 Å². The molecule has 0 aromatic heterocycles. The number of nitrogens with one attached hydrogen (secondary N) is 1. The van der Waals surface area contributed by atoms with Crippen LogP contribution in [-0.4, -0.2) is 37.9 Å². The summed E-state index contributed by atoms with van der Waals surface area (Å²) in [7, 11) is -1.84. The lowest BCUT2D eigenvalue weighted by molar-refractivity contribution is 0.320. The Hall–Kier alpha value is -0.170. The first kappa shape index (κ1) is 15.9. The van der Waals surface area contributed by atoms with E-state index in [0.717, 1.165) is 25.7 Å². The van der Waals surface area contributed by atoms with Crippen LogP contribution in [0.1, 0.15) is 52.4 Å². The van der Waals surface area contributed by atoms with Crippen LogP contribution in [0, 0.1) is 0 Å². The second-order valence-electron chi connectivity index (χ2n) is 5.62. The van der Waals surface area contributed by atoms with E-state index in [0.29, 0.717) is 6.54 Å². The van der Waals surface area contributed by atoms with Crippen LogP contribution in [0.2, 0.25) is 0 Å². The molecule has 0 bridgehead atoms. The molecule has 3 N–H and O–H groups in total. The highest BCUT2D eigenvalue weighted by atomic mass is 32.2. The molecule has 0 heterocycles. The first-order valence-electron chi connectivity index (χ1n) is 6.80. The third-order valence-electron chi connectivity index (χ3n) is 3.90. The molecule has 1 fully saturated rings. The number of rotatable bonds is 5. The summed E-state index contributed by atoms with van der Waals surface area (Å²) in [5.41, 5.74) is 5.40. The molecule has 0 spiro atoms. The van der Waals surface area contributed by atoms with E-state index in [1.54, 1.807) is 7.05 Å². The molecule has 0 unspecified atom stereocenters. The van der Waals surface area contributed by atoms with Gasteiger partial charge in [-0.05, 0) is 26.7 Å². The molecule has 1 saturated carbocycles. The first-order chi connectivity index (χ1) is 8.33. The summed E-state index contributed by atoms with van der Waals surface area (Å²) in [6.07, 6.45) is 6.12. The molecule has 18 heavy (non-hydrogen) atoms. The maximum absolute atomic E-state index is 12.3. The zero-order valence-electron chi connectivity index (χ0n) is 11.8. The van der Waals surface area contributed by atoms with Gasteiger partial charge in [-0.1, -0.05) is 25.7 Å². The van der Waals surface area contributed by atoms with Gasteiger partial charge in [0.1, 0.15) is 0 Å². The zero-order valence-corrected chi connectivity index (χ0v) is 12.6. The molecular formula is C12H27N3O2S. The van der Waals surface area contributed by atoms with Crippen LogP contribution in [0.3, 0.4) is 0 Å². The Kier molecular flexibility index (Phi) is 5.58. The number of nitrogens with two attached hydrogens (primary N) is 1. The molecule has 0 aromatic rings. The fraction of sp³-hybridized carbons (Fsp3) is 1.00. The van der Waals surface area contributed by atoms with Crippen LogP contribution >= 0.6 is 0 Å². The minimum Gasteiger partial charge on any atom is -0.329 e. The molecule has 6 heteroatoms. The number of hydrogen-bond donors (Lipinski definition) is 2. The zero-order chi connectivity index (χ0) is 13.8. The van der Waals surface area contributed by atoms with Gasteiger partial charge in [0.25, 0.3) is 10.2 Å². The molecule has 1 rings (SSSR count). The molecule has 5 nitrogen and oxygen atoms in total. The van der Waals surface area contributed by atoms with Crippen LogP contribution in [-0.2, 0) is 10.2 Å². The Bertz CT molecular complexity index is 346. The van der Waals surface area contributed by atoms with Crippen molar-refractivity contribution in [1.82, 2.24) is 9.03 Å². The van der Waals surface area contributed by atoms with Gasteiger partial charge in [-0.15, -0.1) is 0 Å². The van der Waals surface area contributed by atoms with Crippen molar-refractivity contribution in [3.05, 3.63) is 0 Å². The van der Waals surface area contributed by atoms with Crippen LogP contribution in [0.5, 0.6) is 0 Å². The quantitative estimate of drug-likeness (QED) is 0.742. The van der Waals surface area contributed by atoms with Crippen molar-refractivity contribution in [3.8, 4) is 0 Å². The molecule has 0 aromatic carbocycles. The topological polar surface area (TPSA) is 75.4 Å². The minimum absolute atomic E-state index is 0.0527. The Morgan fingerprint density at radius 1 is 1.22 bits per heavy atom. The fourth-order valence-corrected chi connectivity index (χ4v) is 3.91. The van der Waals surface area contributed by atoms with Crippen molar-refractivity contribution in [2.24, 2.45) is 5.73 Å². The van der Waals surface area contributed by atoms with E-state index in [-0.39, 0.29) is 6.04 Å². The lowest BCUT2D eigenvalue weighted by Crippen LogP contribution is -2.57. The van der Waals surface area contributed by atoms with Crippen molar-refractivity contribution in [1.29, 1.82) is 0 Å². The summed E-state index contributed by atoms with van der Waals surface area (Å²) in [4.78, 5) is 0. The second kappa shape index (κ2) is 6.32. The standard InChI is InChI=1S/C12H27N3O2S/c1-11(2)15(3)18(16,17)14-12(10-13)8-6-4-5-7-9-12/h11,14H,4-10,13H2,1-3H3. The van der Waals surface area contributed by atoms with Gasteiger partial charge in [-0.25, -0.2) is 0 Å². The molecule has 0 amide bonds. The minimum atomic E-state index is -3.44. The molecule has 108 valence electrons. The van der Waals surface area contributed by atoms with Crippen LogP contribution < -0.4 is 10.5 Å². The lowest BCUT2D eigenvalue weighted by Gasteiger charge is -2.34. The third-order valence-corrected chi connectivity index (χ3v) is 5.77. The van der Waals surface area contributed by atoms with E-state index in [9.17, 15) is 8.42 Å². The van der Waals surface area contributed by atoms with Crippen LogP contribution in [0.15, 0.2) is 0 Å². The molecular weight excluding hydrogens is 250 g/mol. The molecule has 0 aliphatic heterocycles. The summed E-state index contributed by atoms with van der Waals surface area (Å²) in [6, 6.07) is -0.0527. The fourth-order valence-electron chi connectivity index (χ4n) is 2.38. The van der Waals surface area contributed by atoms with Crippen molar-refractivity contribution in [2.75, 3.05) is 13.6 Å². The van der Waals surface area contributed by atoms with Crippen molar-refractivity contribution >= 4 is 10.2 Å². The van der Waals surface area contributed by atoms with E-state index in [1.807, 2.05) is 13.8 Å². The monoisotopic (exact) mass is 277 g/mol. The summed E-state index contributed by atoms with van der Waals surface area (Å²) in [5, 5.41) is 0. The highest BCUT2D eigenvalue weighted by Crippen LogP contribution is 2.27. The number of hydrogen-bond acceptors (Lipinski definition) is 3. The van der Waals surface area contributed by atoms with Crippen molar-refractivity contribution in [3.63, 3.8) is 0 Å². The molecule has 0 saturated heterocycles. The third kappa shape index (κ3) is 3.91. The highest BCUT2D eigenvalue weighted by molar-refractivity contribution is 7.87. The SMILES string of the molecule is CC(C)N(C)S(=O)(=O)NC1(CN)CCCCCC1. The van der Waals surface area contributed by atoms with Crippen LogP contribution in [0.4, 0.5) is 0 Å². The average Bonchev–Trinajstić information content (AvgIpc) is 2.53. The second-order valence-corrected chi connectivity index (χ2v) is 7.35. The van der Waals surface area contributed by atoms with E-state index in [1.165, 1.54) is 17.1 Å². The average molecular weight is 277 g/mol. The van der Waals surface area contributed by atoms with Gasteiger partial charge < -0.3 is 5.73 Å². The van der Waals surface area contributed by atoms with Gasteiger partial charge in [0, 0.05) is 25.2 Å². The lowest BCUT2D eigenvalue weighted by atomic mass is 9.92. The van der Waals surface area contributed by atoms with Gasteiger partial charge in [0.05, 0.1) is 0 Å². The van der Waals surface area contributed by atoms with Gasteiger partial charge in [0.15, 0.2) is 0 Å². The predicted octanol–water partition coefficient (Wildman–Crippen LogP) is 1.21. The Labute approximate surface area is 111 Å². The van der Waals surface area contributed by atoms with Crippen molar-refractivity contribution < 1.29 is 8.42 Å². The smallest absolute Gasteiger partial charge is 0.279 e. The van der Waals surface area contributed by atoms with Gasteiger partial charge in [-0.3, -0.25) is 0 Å². The number of nitrogens with zero attached hydrogens (tertiary/aromatic N) is 1. The van der Waals surface area contributed by atoms with E-state index in [4.69, 9.17) is 5.73 Å². The van der Waals surface area contributed by atoms with E-state index < -0.39 is 15.7 Å². The van der Waals surface area contributed by atoms with Gasteiger partial charge in [-0.2, -0.15) is 17.4 Å². The maximum atomic E-state index is 12.3. The highest BCUT2D eigenvalue weighted by Gasteiger charge is 2.35. The predicted molar refractivity (Wildman–Crippen MR) is 74.4 cm³/mol. The molecule has 0 atom stereocenters. The maximum Gasteiger partial charge on any atom is 0.279 e. The summed E-state index contributed by atoms with van der Waals surface area (Å²) < 4.78 is 28.8. The molecule has 1 aliphatic rings. The summed E-state index contributed by atoms with van der Waals surface area (Å²) in [6.45, 7) is 4.10. The van der Waals surface area contributed by atoms with Gasteiger partial charge >= 0.3 is 0 Å². The van der Waals surface area contributed by atoms with Crippen LogP contribution in [0.25, 0.3) is 0 Å². The van der Waals surface area contributed by atoms with E-state index >= 15 is 0 Å². The summed E-state index contributed by atoms with van der Waals surface area (Å²) >= 11 is 0. The van der Waals surface area contributed by atoms with E-state index in [2.05, 4.69) is 4.72 Å². The molecule has 1 aliphatic carbocycles. The largest absolute Gasteiger partial charge is 0.329 e.